The van der Waals surface area contributed by atoms with Crippen LogP contribution in [0.1, 0.15) is 134 Å². The number of ether oxygens (including phenoxy) is 2. The summed E-state index contributed by atoms with van der Waals surface area (Å²) in [5.41, 5.74) is 0.619. The van der Waals surface area contributed by atoms with Gasteiger partial charge in [0.25, 0.3) is 0 Å². The molecule has 0 aromatic heterocycles. The molecule has 240 valence electrons. The molecule has 0 bridgehead atoms. The summed E-state index contributed by atoms with van der Waals surface area (Å²) in [4.78, 5) is 23.3. The summed E-state index contributed by atoms with van der Waals surface area (Å²) in [6.07, 6.45) is 25.4. The van der Waals surface area contributed by atoms with Crippen LogP contribution in [0.5, 0.6) is 11.5 Å². The Hall–Kier alpha value is -2.58. The third-order valence-corrected chi connectivity index (χ3v) is 7.33. The van der Waals surface area contributed by atoms with Crippen molar-refractivity contribution in [3.8, 4) is 11.5 Å². The number of phenolic OH excluding ortho intramolecular Hbond substituents is 2. The molecule has 0 radical (unpaired) electrons. The molecule has 8 nitrogen and oxygen atoms in total. The summed E-state index contributed by atoms with van der Waals surface area (Å²) in [5, 5.41) is 36.6. The van der Waals surface area contributed by atoms with Crippen molar-refractivity contribution in [1.82, 2.24) is 0 Å². The number of phenols is 2. The summed E-state index contributed by atoms with van der Waals surface area (Å²) in [6, 6.07) is 4.37. The molecule has 0 aliphatic rings. The van der Waals surface area contributed by atoms with Crippen LogP contribution in [-0.2, 0) is 19.1 Å². The van der Waals surface area contributed by atoms with Gasteiger partial charge in [-0.05, 0) is 36.6 Å². The number of aliphatic hydroxyl groups excluding tert-OH is 2. The van der Waals surface area contributed by atoms with Crippen LogP contribution in [0.25, 0.3) is 6.08 Å². The predicted octanol–water partition coefficient (Wildman–Crippen LogP) is 7.35. The minimum Gasteiger partial charge on any atom is -0.504 e. The number of esters is 2. The summed E-state index contributed by atoms with van der Waals surface area (Å²) < 4.78 is 10.1. The third kappa shape index (κ3) is 22.1. The van der Waals surface area contributed by atoms with Gasteiger partial charge in [0.05, 0.1) is 13.2 Å². The van der Waals surface area contributed by atoms with Crippen LogP contribution in [0.4, 0.5) is 0 Å². The average Bonchev–Trinajstić information content (AvgIpc) is 2.98. The fourth-order valence-corrected chi connectivity index (χ4v) is 4.72. The Balaban J connectivity index is 1.76. The Kier molecular flexibility index (Phi) is 23.2. The molecule has 0 saturated heterocycles. The second kappa shape index (κ2) is 26.1. The molecule has 1 aromatic carbocycles. The normalized spacial score (nSPS) is 12.0. The van der Waals surface area contributed by atoms with Crippen LogP contribution in [0, 0.1) is 0 Å². The minimum absolute atomic E-state index is 0.125. The lowest BCUT2D eigenvalue weighted by Gasteiger charge is -2.08. The first-order valence-electron chi connectivity index (χ1n) is 16.2. The molecule has 0 heterocycles. The lowest BCUT2D eigenvalue weighted by molar-refractivity contribution is -0.147. The number of hydrogen-bond donors (Lipinski definition) is 4. The number of unbranched alkanes of at least 4 members (excludes halogenated alkanes) is 18. The summed E-state index contributed by atoms with van der Waals surface area (Å²) in [7, 11) is 0. The highest BCUT2D eigenvalue weighted by molar-refractivity contribution is 5.87. The topological polar surface area (TPSA) is 134 Å². The quantitative estimate of drug-likeness (QED) is 0.0361. The molecule has 1 rings (SSSR count). The van der Waals surface area contributed by atoms with Gasteiger partial charge in [-0.25, -0.2) is 4.79 Å². The maximum Gasteiger partial charge on any atom is 0.330 e. The first-order valence-corrected chi connectivity index (χ1v) is 16.2. The van der Waals surface area contributed by atoms with E-state index in [9.17, 15) is 19.8 Å². The van der Waals surface area contributed by atoms with Crippen molar-refractivity contribution in [2.75, 3.05) is 19.8 Å². The van der Waals surface area contributed by atoms with Gasteiger partial charge in [-0.2, -0.15) is 0 Å². The highest BCUT2D eigenvalue weighted by Gasteiger charge is 2.07. The van der Waals surface area contributed by atoms with Crippen LogP contribution in [-0.4, -0.2) is 58.3 Å². The number of benzene rings is 1. The standard InChI is InChI=1S/C34H56O8/c35-27-30(36)28-42-33(39)20-18-16-14-12-10-8-6-4-2-1-3-5-7-9-11-13-15-17-19-25-41-34(40)24-22-29-21-23-31(37)32(38)26-29/h21-24,26,30,35-38H,1-20,25,27-28H2/b24-22+. The smallest absolute Gasteiger partial charge is 0.330 e. The van der Waals surface area contributed by atoms with Gasteiger partial charge in [0, 0.05) is 12.5 Å². The molecule has 1 atom stereocenters. The van der Waals surface area contributed by atoms with Crippen molar-refractivity contribution in [2.24, 2.45) is 0 Å². The zero-order chi connectivity index (χ0) is 30.7. The van der Waals surface area contributed by atoms with Crippen molar-refractivity contribution in [1.29, 1.82) is 0 Å². The third-order valence-electron chi connectivity index (χ3n) is 7.33. The van der Waals surface area contributed by atoms with E-state index in [1.165, 1.54) is 108 Å². The lowest BCUT2D eigenvalue weighted by atomic mass is 10.0. The Labute approximate surface area is 253 Å². The van der Waals surface area contributed by atoms with Gasteiger partial charge in [0.1, 0.15) is 12.7 Å². The number of rotatable bonds is 27. The van der Waals surface area contributed by atoms with E-state index in [4.69, 9.17) is 19.7 Å². The summed E-state index contributed by atoms with van der Waals surface area (Å²) in [6.45, 7) is -0.0914. The zero-order valence-electron chi connectivity index (χ0n) is 25.6. The predicted molar refractivity (Wildman–Crippen MR) is 166 cm³/mol. The molecular weight excluding hydrogens is 536 g/mol. The molecular formula is C34H56O8. The highest BCUT2D eigenvalue weighted by atomic mass is 16.5. The Bertz CT molecular complexity index is 854. The van der Waals surface area contributed by atoms with Crippen LogP contribution in [0.15, 0.2) is 24.3 Å². The van der Waals surface area contributed by atoms with Gasteiger partial charge in [-0.3, -0.25) is 4.79 Å². The van der Waals surface area contributed by atoms with Crippen LogP contribution in [0.3, 0.4) is 0 Å². The largest absolute Gasteiger partial charge is 0.504 e. The SMILES string of the molecule is O=C(/C=C/c1ccc(O)c(O)c1)OCCCCCCCCCCCCCCCCCCCCCC(=O)OCC(O)CO. The van der Waals surface area contributed by atoms with Crippen LogP contribution < -0.4 is 0 Å². The molecule has 1 aromatic rings. The van der Waals surface area contributed by atoms with Crippen molar-refractivity contribution >= 4 is 18.0 Å². The Morgan fingerprint density at radius 1 is 0.667 bits per heavy atom. The van der Waals surface area contributed by atoms with E-state index >= 15 is 0 Å². The van der Waals surface area contributed by atoms with E-state index in [1.807, 2.05) is 0 Å². The summed E-state index contributed by atoms with van der Waals surface area (Å²) >= 11 is 0. The molecule has 0 aliphatic heterocycles. The van der Waals surface area contributed by atoms with E-state index in [0.717, 1.165) is 32.1 Å². The molecule has 0 aliphatic carbocycles. The first-order chi connectivity index (χ1) is 20.4. The number of aliphatic hydroxyl groups is 2. The molecule has 8 heteroatoms. The minimum atomic E-state index is -0.978. The molecule has 1 unspecified atom stereocenters. The maximum atomic E-state index is 11.8. The van der Waals surface area contributed by atoms with Gasteiger partial charge in [-0.15, -0.1) is 0 Å². The average molecular weight is 593 g/mol. The van der Waals surface area contributed by atoms with Gasteiger partial charge >= 0.3 is 11.9 Å². The second-order valence-electron chi connectivity index (χ2n) is 11.2. The lowest BCUT2D eigenvalue weighted by Crippen LogP contribution is -2.21. The van der Waals surface area contributed by atoms with Gasteiger partial charge in [0.2, 0.25) is 0 Å². The van der Waals surface area contributed by atoms with Crippen molar-refractivity contribution in [2.45, 2.75) is 135 Å². The van der Waals surface area contributed by atoms with E-state index < -0.39 is 12.1 Å². The van der Waals surface area contributed by atoms with Crippen molar-refractivity contribution in [3.05, 3.63) is 29.8 Å². The monoisotopic (exact) mass is 592 g/mol. The molecule has 0 amide bonds. The van der Waals surface area contributed by atoms with E-state index in [-0.39, 0.29) is 30.7 Å². The zero-order valence-corrected chi connectivity index (χ0v) is 25.6. The van der Waals surface area contributed by atoms with Crippen LogP contribution >= 0.6 is 0 Å². The number of carbonyl (C=O) groups excluding carboxylic acids is 2. The summed E-state index contributed by atoms with van der Waals surface area (Å²) in [5.74, 6) is -1.10. The van der Waals surface area contributed by atoms with Crippen molar-refractivity contribution < 1.29 is 39.5 Å². The van der Waals surface area contributed by atoms with E-state index in [1.54, 1.807) is 12.1 Å². The first kappa shape index (κ1) is 37.4. The Morgan fingerprint density at radius 2 is 1.14 bits per heavy atom. The number of carbonyl (C=O) groups is 2. The number of aromatic hydroxyl groups is 2. The molecule has 0 fully saturated rings. The van der Waals surface area contributed by atoms with Gasteiger partial charge in [-0.1, -0.05) is 115 Å². The van der Waals surface area contributed by atoms with Gasteiger partial charge in [0.15, 0.2) is 11.5 Å². The van der Waals surface area contributed by atoms with Crippen LogP contribution in [0.2, 0.25) is 0 Å². The highest BCUT2D eigenvalue weighted by Crippen LogP contribution is 2.25. The second-order valence-corrected chi connectivity index (χ2v) is 11.2. The van der Waals surface area contributed by atoms with Crippen molar-refractivity contribution in [3.63, 3.8) is 0 Å². The molecule has 42 heavy (non-hydrogen) atoms. The maximum absolute atomic E-state index is 11.8. The fraction of sp³-hybridized carbons (Fsp3) is 0.706. The van der Waals surface area contributed by atoms with E-state index in [2.05, 4.69) is 0 Å². The Morgan fingerprint density at radius 3 is 1.62 bits per heavy atom. The molecule has 4 N–H and O–H groups in total. The molecule has 0 saturated carbocycles. The molecule has 0 spiro atoms. The van der Waals surface area contributed by atoms with Gasteiger partial charge < -0.3 is 29.9 Å². The number of hydrogen-bond acceptors (Lipinski definition) is 8. The fourth-order valence-electron chi connectivity index (χ4n) is 4.72. The van der Waals surface area contributed by atoms with E-state index in [0.29, 0.717) is 18.6 Å².